The van der Waals surface area contributed by atoms with Crippen LogP contribution in [0.15, 0.2) is 47.5 Å². The van der Waals surface area contributed by atoms with Gasteiger partial charge in [-0.2, -0.15) is 5.26 Å². The topological polar surface area (TPSA) is 53.8 Å². The van der Waals surface area contributed by atoms with Crippen molar-refractivity contribution in [1.29, 1.82) is 5.26 Å². The number of nitriles is 1. The Balaban J connectivity index is 1.84. The van der Waals surface area contributed by atoms with Crippen LogP contribution in [0.1, 0.15) is 34.5 Å². The van der Waals surface area contributed by atoms with E-state index < -0.39 is 0 Å². The zero-order valence-electron chi connectivity index (χ0n) is 11.9. The summed E-state index contributed by atoms with van der Waals surface area (Å²) in [5.41, 5.74) is 2.26. The first kappa shape index (κ1) is 15.3. The summed E-state index contributed by atoms with van der Waals surface area (Å²) in [6.07, 6.45) is 1.30. The van der Waals surface area contributed by atoms with Crippen molar-refractivity contribution in [3.05, 3.63) is 59.3 Å². The number of aromatic nitrogens is 1. The highest BCUT2D eigenvalue weighted by Crippen LogP contribution is 2.22. The normalized spacial score (nSPS) is 10.1. The molecule has 2 aromatic rings. The maximum Gasteiger partial charge on any atom is 0.162 e. The van der Waals surface area contributed by atoms with Crippen molar-refractivity contribution >= 4 is 17.5 Å². The van der Waals surface area contributed by atoms with Gasteiger partial charge in [0.25, 0.3) is 0 Å². The maximum atomic E-state index is 12.0. The third kappa shape index (κ3) is 4.44. The lowest BCUT2D eigenvalue weighted by Crippen LogP contribution is -1.99. The first-order valence-corrected chi connectivity index (χ1v) is 7.78. The summed E-state index contributed by atoms with van der Waals surface area (Å²) >= 11 is 1.54. The minimum absolute atomic E-state index is 0.161. The zero-order chi connectivity index (χ0) is 15.1. The fourth-order valence-corrected chi connectivity index (χ4v) is 2.86. The summed E-state index contributed by atoms with van der Waals surface area (Å²) in [5.74, 6) is 0.942. The fourth-order valence-electron chi connectivity index (χ4n) is 1.90. The van der Waals surface area contributed by atoms with Crippen LogP contribution in [0.5, 0.6) is 0 Å². The number of hydrogen-bond acceptors (Lipinski definition) is 4. The van der Waals surface area contributed by atoms with Crippen molar-refractivity contribution in [3.63, 3.8) is 0 Å². The highest BCUT2D eigenvalue weighted by atomic mass is 32.2. The van der Waals surface area contributed by atoms with Crippen molar-refractivity contribution in [2.75, 3.05) is 5.75 Å². The van der Waals surface area contributed by atoms with Crippen molar-refractivity contribution in [2.45, 2.75) is 24.8 Å². The molecule has 2 rings (SSSR count). The summed E-state index contributed by atoms with van der Waals surface area (Å²) < 4.78 is 0. The highest BCUT2D eigenvalue weighted by Gasteiger charge is 2.07. The molecule has 0 spiro atoms. The average molecular weight is 296 g/mol. The van der Waals surface area contributed by atoms with E-state index in [4.69, 9.17) is 5.26 Å². The lowest BCUT2D eigenvalue weighted by atomic mass is 10.1. The van der Waals surface area contributed by atoms with E-state index >= 15 is 0 Å². The monoisotopic (exact) mass is 296 g/mol. The molecule has 1 heterocycles. The molecular weight excluding hydrogens is 280 g/mol. The molecule has 106 valence electrons. The van der Waals surface area contributed by atoms with Crippen LogP contribution in [0.2, 0.25) is 0 Å². The molecule has 0 aliphatic carbocycles. The van der Waals surface area contributed by atoms with Gasteiger partial charge >= 0.3 is 0 Å². The Bertz CT molecular complexity index is 662. The van der Waals surface area contributed by atoms with Crippen LogP contribution in [-0.4, -0.2) is 16.5 Å². The van der Waals surface area contributed by atoms with Gasteiger partial charge in [0, 0.05) is 17.7 Å². The summed E-state index contributed by atoms with van der Waals surface area (Å²) in [6, 6.07) is 15.1. The van der Waals surface area contributed by atoms with Gasteiger partial charge in [0.1, 0.15) is 11.1 Å². The summed E-state index contributed by atoms with van der Waals surface area (Å²) in [7, 11) is 0. The fraction of sp³-hybridized carbons (Fsp3) is 0.235. The van der Waals surface area contributed by atoms with Crippen LogP contribution in [0.3, 0.4) is 0 Å². The molecule has 0 unspecified atom stereocenters. The van der Waals surface area contributed by atoms with Crippen LogP contribution in [0.4, 0.5) is 0 Å². The molecule has 4 heteroatoms. The van der Waals surface area contributed by atoms with E-state index in [1.54, 1.807) is 6.07 Å². The molecule has 0 aliphatic rings. The first-order valence-electron chi connectivity index (χ1n) is 6.79. The highest BCUT2D eigenvalue weighted by molar-refractivity contribution is 7.99. The Morgan fingerprint density at radius 2 is 2.00 bits per heavy atom. The van der Waals surface area contributed by atoms with Gasteiger partial charge in [0.05, 0.1) is 5.56 Å². The van der Waals surface area contributed by atoms with Crippen molar-refractivity contribution < 1.29 is 4.79 Å². The average Bonchev–Trinajstić information content (AvgIpc) is 2.52. The molecule has 0 saturated carbocycles. The molecule has 0 bridgehead atoms. The van der Waals surface area contributed by atoms with Crippen molar-refractivity contribution in [2.24, 2.45) is 0 Å². The van der Waals surface area contributed by atoms with Gasteiger partial charge in [-0.1, -0.05) is 30.3 Å². The van der Waals surface area contributed by atoms with Crippen LogP contribution in [-0.2, 0) is 0 Å². The Kier molecular flexibility index (Phi) is 5.53. The molecule has 0 radical (unpaired) electrons. The Morgan fingerprint density at radius 3 is 2.71 bits per heavy atom. The number of benzene rings is 1. The van der Waals surface area contributed by atoms with Crippen molar-refractivity contribution in [1.82, 2.24) is 4.98 Å². The number of pyridine rings is 1. The van der Waals surface area contributed by atoms with Gasteiger partial charge in [-0.15, -0.1) is 11.8 Å². The van der Waals surface area contributed by atoms with Gasteiger partial charge in [-0.3, -0.25) is 4.79 Å². The number of carbonyl (C=O) groups excluding carboxylic acids is 1. The van der Waals surface area contributed by atoms with Crippen LogP contribution < -0.4 is 0 Å². The summed E-state index contributed by atoms with van der Waals surface area (Å²) in [4.78, 5) is 16.3. The third-order valence-corrected chi connectivity index (χ3v) is 4.08. The Morgan fingerprint density at radius 1 is 1.24 bits per heavy atom. The number of aryl methyl sites for hydroxylation is 1. The summed E-state index contributed by atoms with van der Waals surface area (Å²) in [6.45, 7) is 1.91. The van der Waals surface area contributed by atoms with E-state index in [1.807, 2.05) is 43.3 Å². The molecule has 0 aliphatic heterocycles. The number of rotatable bonds is 6. The van der Waals surface area contributed by atoms with Gasteiger partial charge in [-0.25, -0.2) is 4.98 Å². The molecular formula is C17H16N2OS. The van der Waals surface area contributed by atoms with Gasteiger partial charge < -0.3 is 0 Å². The lowest BCUT2D eigenvalue weighted by Gasteiger charge is -2.04. The molecule has 3 nitrogen and oxygen atoms in total. The van der Waals surface area contributed by atoms with E-state index in [-0.39, 0.29) is 5.78 Å². The number of carbonyl (C=O) groups is 1. The number of hydrogen-bond donors (Lipinski definition) is 0. The number of thioether (sulfide) groups is 1. The summed E-state index contributed by atoms with van der Waals surface area (Å²) in [5, 5.41) is 9.80. The standard InChI is InChI=1S/C17H16N2OS/c1-13-9-10-15(12-18)17(19-13)21-11-5-8-16(20)14-6-3-2-4-7-14/h2-4,6-7,9-10H,5,8,11H2,1H3. The molecule has 21 heavy (non-hydrogen) atoms. The van der Waals surface area contributed by atoms with Crippen LogP contribution in [0.25, 0.3) is 0 Å². The lowest BCUT2D eigenvalue weighted by molar-refractivity contribution is 0.0982. The second kappa shape index (κ2) is 7.61. The van der Waals surface area contributed by atoms with E-state index in [9.17, 15) is 4.79 Å². The molecule has 0 N–H and O–H groups in total. The Hall–Kier alpha value is -2.12. The molecule has 0 fully saturated rings. The minimum atomic E-state index is 0.161. The van der Waals surface area contributed by atoms with E-state index in [1.165, 1.54) is 11.8 Å². The largest absolute Gasteiger partial charge is 0.294 e. The van der Waals surface area contributed by atoms with Gasteiger partial charge in [-0.05, 0) is 31.2 Å². The Labute approximate surface area is 129 Å². The molecule has 1 aromatic heterocycles. The molecule has 0 atom stereocenters. The van der Waals surface area contributed by atoms with Crippen LogP contribution >= 0.6 is 11.8 Å². The molecule has 0 saturated heterocycles. The number of ketones is 1. The SMILES string of the molecule is Cc1ccc(C#N)c(SCCCC(=O)c2ccccc2)n1. The maximum absolute atomic E-state index is 12.0. The number of nitrogens with zero attached hydrogens (tertiary/aromatic N) is 2. The van der Waals surface area contributed by atoms with E-state index in [0.717, 1.165) is 28.5 Å². The van der Waals surface area contributed by atoms with Crippen molar-refractivity contribution in [3.8, 4) is 6.07 Å². The predicted octanol–water partition coefficient (Wildman–Crippen LogP) is 4.02. The van der Waals surface area contributed by atoms with Crippen LogP contribution in [0, 0.1) is 18.3 Å². The van der Waals surface area contributed by atoms with Gasteiger partial charge in [0.2, 0.25) is 0 Å². The smallest absolute Gasteiger partial charge is 0.162 e. The number of Topliss-reactive ketones (excluding diaryl/α,β-unsaturated/α-hetero) is 1. The van der Waals surface area contributed by atoms with E-state index in [0.29, 0.717) is 12.0 Å². The second-order valence-corrected chi connectivity index (χ2v) is 5.74. The third-order valence-electron chi connectivity index (χ3n) is 3.00. The molecule has 0 amide bonds. The predicted molar refractivity (Wildman–Crippen MR) is 84.4 cm³/mol. The quantitative estimate of drug-likeness (QED) is 0.459. The molecule has 1 aromatic carbocycles. The first-order chi connectivity index (χ1) is 10.2. The minimum Gasteiger partial charge on any atom is -0.294 e. The van der Waals surface area contributed by atoms with E-state index in [2.05, 4.69) is 11.1 Å². The second-order valence-electron chi connectivity index (χ2n) is 4.66. The zero-order valence-corrected chi connectivity index (χ0v) is 12.7. The van der Waals surface area contributed by atoms with Gasteiger partial charge in [0.15, 0.2) is 5.78 Å².